The summed E-state index contributed by atoms with van der Waals surface area (Å²) in [6, 6.07) is 5.71. The van der Waals surface area contributed by atoms with E-state index in [2.05, 4.69) is 14.6 Å². The third kappa shape index (κ3) is 4.22. The van der Waals surface area contributed by atoms with Crippen LogP contribution in [0.1, 0.15) is 5.56 Å². The van der Waals surface area contributed by atoms with Crippen LogP contribution in [0.3, 0.4) is 0 Å². The van der Waals surface area contributed by atoms with Gasteiger partial charge in [0, 0.05) is 43.2 Å². The molecule has 3 heterocycles. The maximum Gasteiger partial charge on any atom is 0.573 e. The molecule has 4 rings (SSSR count). The van der Waals surface area contributed by atoms with E-state index >= 15 is 0 Å². The number of halogens is 3. The van der Waals surface area contributed by atoms with Crippen LogP contribution < -0.4 is 9.64 Å². The maximum absolute atomic E-state index is 12.4. The lowest BCUT2D eigenvalue weighted by Gasteiger charge is -2.50. The number of alkyl halides is 3. The maximum atomic E-state index is 12.4. The van der Waals surface area contributed by atoms with Gasteiger partial charge in [-0.05, 0) is 17.7 Å². The summed E-state index contributed by atoms with van der Waals surface area (Å²) in [4.78, 5) is 20.5. The highest BCUT2D eigenvalue weighted by molar-refractivity contribution is 7.13. The van der Waals surface area contributed by atoms with Crippen molar-refractivity contribution in [1.29, 1.82) is 0 Å². The zero-order valence-corrected chi connectivity index (χ0v) is 15.6. The molecule has 0 bridgehead atoms. The summed E-state index contributed by atoms with van der Waals surface area (Å²) in [5, 5.41) is 2.85. The Hall–Kier alpha value is -2.33. The summed E-state index contributed by atoms with van der Waals surface area (Å²) < 4.78 is 46.9. The van der Waals surface area contributed by atoms with Gasteiger partial charge in [-0.25, -0.2) is 4.98 Å². The zero-order valence-electron chi connectivity index (χ0n) is 14.8. The van der Waals surface area contributed by atoms with Gasteiger partial charge in [0.25, 0.3) is 0 Å². The van der Waals surface area contributed by atoms with Crippen molar-refractivity contribution < 1.29 is 27.4 Å². The first-order valence-electron chi connectivity index (χ1n) is 8.67. The molecule has 2 aliphatic heterocycles. The smallest absolute Gasteiger partial charge is 0.406 e. The fourth-order valence-electron chi connectivity index (χ4n) is 3.65. The highest BCUT2D eigenvalue weighted by atomic mass is 32.1. The van der Waals surface area contributed by atoms with E-state index in [0.717, 1.165) is 18.2 Å². The third-order valence-electron chi connectivity index (χ3n) is 4.76. The van der Waals surface area contributed by atoms with Gasteiger partial charge in [-0.2, -0.15) is 0 Å². The Morgan fingerprint density at radius 3 is 2.82 bits per heavy atom. The monoisotopic (exact) mass is 413 g/mol. The summed E-state index contributed by atoms with van der Waals surface area (Å²) in [6.45, 7) is 2.57. The number of amides is 1. The van der Waals surface area contributed by atoms with Gasteiger partial charge < -0.3 is 19.3 Å². The van der Waals surface area contributed by atoms with Crippen molar-refractivity contribution >= 4 is 22.4 Å². The molecule has 0 aliphatic carbocycles. The van der Waals surface area contributed by atoms with Crippen molar-refractivity contribution in [3.8, 4) is 5.75 Å². The second kappa shape index (κ2) is 7.25. The highest BCUT2D eigenvalue weighted by Gasteiger charge is 2.47. The van der Waals surface area contributed by atoms with Gasteiger partial charge in [0.2, 0.25) is 5.91 Å². The number of hydrogen-bond acceptors (Lipinski definition) is 6. The molecule has 0 unspecified atom stereocenters. The van der Waals surface area contributed by atoms with Crippen molar-refractivity contribution in [1.82, 2.24) is 9.88 Å². The molecule has 2 aliphatic rings. The van der Waals surface area contributed by atoms with Crippen molar-refractivity contribution in [2.75, 3.05) is 37.7 Å². The molecule has 2 aromatic rings. The number of aromatic nitrogens is 1. The minimum absolute atomic E-state index is 0.0300. The van der Waals surface area contributed by atoms with Crippen LogP contribution in [0.5, 0.6) is 5.75 Å². The van der Waals surface area contributed by atoms with E-state index in [1.807, 2.05) is 5.38 Å². The number of carbonyl (C=O) groups excluding carboxylic acids is 1. The van der Waals surface area contributed by atoms with Gasteiger partial charge >= 0.3 is 6.36 Å². The Morgan fingerprint density at radius 2 is 2.11 bits per heavy atom. The quantitative estimate of drug-likeness (QED) is 0.772. The molecule has 0 radical (unpaired) electrons. The molecule has 2 saturated heterocycles. The molecule has 6 nitrogen and oxygen atoms in total. The fourth-order valence-corrected chi connectivity index (χ4v) is 4.30. The number of rotatable bonds is 4. The Kier molecular flexibility index (Phi) is 4.92. The van der Waals surface area contributed by atoms with E-state index in [1.165, 1.54) is 18.2 Å². The first-order chi connectivity index (χ1) is 13.3. The van der Waals surface area contributed by atoms with Gasteiger partial charge in [-0.1, -0.05) is 12.1 Å². The predicted molar refractivity (Wildman–Crippen MR) is 96.1 cm³/mol. The number of ether oxygens (including phenoxy) is 2. The van der Waals surface area contributed by atoms with E-state index in [-0.39, 0.29) is 30.2 Å². The SMILES string of the molecule is O=C1COCC2(CN1Cc1cccc(OC(F)(F)F)c1)CN(c1nccs1)C2. The van der Waals surface area contributed by atoms with E-state index in [4.69, 9.17) is 4.74 Å². The molecule has 0 saturated carbocycles. The number of nitrogens with zero attached hydrogens (tertiary/aromatic N) is 3. The molecule has 1 amide bonds. The van der Waals surface area contributed by atoms with Gasteiger partial charge in [0.15, 0.2) is 5.13 Å². The summed E-state index contributed by atoms with van der Waals surface area (Å²) in [7, 11) is 0. The van der Waals surface area contributed by atoms with Gasteiger partial charge in [0.05, 0.1) is 6.61 Å². The van der Waals surface area contributed by atoms with Crippen LogP contribution in [0.15, 0.2) is 35.8 Å². The summed E-state index contributed by atoms with van der Waals surface area (Å²) in [5.74, 6) is -0.469. The molecule has 150 valence electrons. The number of hydrogen-bond donors (Lipinski definition) is 0. The summed E-state index contributed by atoms with van der Waals surface area (Å²) in [5.41, 5.74) is 0.376. The van der Waals surface area contributed by atoms with Gasteiger partial charge in [-0.15, -0.1) is 24.5 Å². The first kappa shape index (κ1) is 19.0. The molecule has 0 N–H and O–H groups in total. The predicted octanol–water partition coefficient (Wildman–Crippen LogP) is 2.91. The Labute approximate surface area is 163 Å². The van der Waals surface area contributed by atoms with Crippen molar-refractivity contribution in [2.45, 2.75) is 12.9 Å². The van der Waals surface area contributed by atoms with Crippen LogP contribution >= 0.6 is 11.3 Å². The number of carbonyl (C=O) groups is 1. The fraction of sp³-hybridized carbons (Fsp3) is 0.444. The van der Waals surface area contributed by atoms with Crippen LogP contribution in [0.4, 0.5) is 18.3 Å². The van der Waals surface area contributed by atoms with Crippen LogP contribution in [0.2, 0.25) is 0 Å². The molecule has 10 heteroatoms. The average Bonchev–Trinajstić information content (AvgIpc) is 3.05. The largest absolute Gasteiger partial charge is 0.573 e. The summed E-state index contributed by atoms with van der Waals surface area (Å²) in [6.07, 6.45) is -3.00. The topological polar surface area (TPSA) is 54.9 Å². The normalized spacial score (nSPS) is 19.5. The molecule has 1 spiro atoms. The highest BCUT2D eigenvalue weighted by Crippen LogP contribution is 2.38. The molecule has 2 fully saturated rings. The number of anilines is 1. The average molecular weight is 413 g/mol. The second-order valence-corrected chi connectivity index (χ2v) is 7.98. The Bertz CT molecular complexity index is 838. The molecular weight excluding hydrogens is 395 g/mol. The number of thiazole rings is 1. The standard InChI is InChI=1S/C18H18F3N3O3S/c19-18(20,21)27-14-3-1-2-13(6-14)7-23-9-17(12-26-8-15(23)25)10-24(11-17)16-22-4-5-28-16/h1-6H,7-12H2. The molecule has 28 heavy (non-hydrogen) atoms. The minimum Gasteiger partial charge on any atom is -0.406 e. The van der Waals surface area contributed by atoms with Crippen LogP contribution in [0.25, 0.3) is 0 Å². The third-order valence-corrected chi connectivity index (χ3v) is 5.59. The van der Waals surface area contributed by atoms with Crippen molar-refractivity contribution in [3.05, 3.63) is 41.4 Å². The van der Waals surface area contributed by atoms with Gasteiger partial charge in [0.1, 0.15) is 12.4 Å². The lowest BCUT2D eigenvalue weighted by atomic mass is 9.80. The van der Waals surface area contributed by atoms with E-state index in [0.29, 0.717) is 18.7 Å². The lowest BCUT2D eigenvalue weighted by molar-refractivity contribution is -0.274. The lowest BCUT2D eigenvalue weighted by Crippen LogP contribution is -2.62. The van der Waals surface area contributed by atoms with Crippen molar-refractivity contribution in [3.63, 3.8) is 0 Å². The second-order valence-electron chi connectivity index (χ2n) is 7.11. The van der Waals surface area contributed by atoms with Crippen LogP contribution in [0, 0.1) is 5.41 Å². The Morgan fingerprint density at radius 1 is 1.29 bits per heavy atom. The first-order valence-corrected chi connectivity index (χ1v) is 9.55. The zero-order chi connectivity index (χ0) is 19.8. The van der Waals surface area contributed by atoms with E-state index in [9.17, 15) is 18.0 Å². The molecule has 0 atom stereocenters. The van der Waals surface area contributed by atoms with Crippen LogP contribution in [-0.2, 0) is 16.1 Å². The molecule has 1 aromatic carbocycles. The summed E-state index contributed by atoms with van der Waals surface area (Å²) >= 11 is 1.56. The molecule has 1 aromatic heterocycles. The van der Waals surface area contributed by atoms with E-state index in [1.54, 1.807) is 28.5 Å². The van der Waals surface area contributed by atoms with Crippen molar-refractivity contribution in [2.24, 2.45) is 5.41 Å². The number of benzene rings is 1. The van der Waals surface area contributed by atoms with E-state index < -0.39 is 6.36 Å². The van der Waals surface area contributed by atoms with Gasteiger partial charge in [-0.3, -0.25) is 4.79 Å². The molecular formula is C18H18F3N3O3S. The minimum atomic E-state index is -4.75. The Balaban J connectivity index is 1.45. The van der Waals surface area contributed by atoms with Crippen LogP contribution in [-0.4, -0.2) is 55.0 Å².